The number of carbonyl (C=O) groups is 1. The molecule has 6 nitrogen and oxygen atoms in total. The Kier molecular flexibility index (Phi) is 4.11. The molecule has 1 aromatic carbocycles. The summed E-state index contributed by atoms with van der Waals surface area (Å²) in [6, 6.07) is 5.52. The number of anilines is 1. The van der Waals surface area contributed by atoms with Gasteiger partial charge in [-0.25, -0.2) is 4.79 Å². The van der Waals surface area contributed by atoms with Gasteiger partial charge in [0.25, 0.3) is 10.0 Å². The quantitative estimate of drug-likeness (QED) is 0.857. The van der Waals surface area contributed by atoms with Crippen LogP contribution in [-0.4, -0.2) is 19.5 Å². The van der Waals surface area contributed by atoms with Crippen LogP contribution < -0.4 is 4.72 Å². The average Bonchev–Trinajstić information content (AvgIpc) is 2.85. The Balaban J connectivity index is 2.35. The fourth-order valence-corrected chi connectivity index (χ4v) is 2.99. The van der Waals surface area contributed by atoms with Gasteiger partial charge in [0.1, 0.15) is 0 Å². The van der Waals surface area contributed by atoms with Gasteiger partial charge in [-0.2, -0.15) is 8.42 Å². The number of aryl methyl sites for hydroxylation is 2. The van der Waals surface area contributed by atoms with Crippen LogP contribution in [0.3, 0.4) is 0 Å². The Morgan fingerprint density at radius 1 is 1.24 bits per heavy atom. The summed E-state index contributed by atoms with van der Waals surface area (Å²) in [6.45, 7) is 3.68. The largest absolute Gasteiger partial charge is 0.475 e. The lowest BCUT2D eigenvalue weighted by atomic mass is 10.1. The number of benzene rings is 1. The van der Waals surface area contributed by atoms with E-state index in [0.29, 0.717) is 5.69 Å². The van der Waals surface area contributed by atoms with Crippen LogP contribution >= 0.6 is 15.9 Å². The lowest BCUT2D eigenvalue weighted by Gasteiger charge is -2.10. The fraction of sp³-hybridized carbons (Fsp3) is 0.154. The van der Waals surface area contributed by atoms with Gasteiger partial charge in [0, 0.05) is 10.2 Å². The van der Waals surface area contributed by atoms with E-state index in [9.17, 15) is 13.2 Å². The summed E-state index contributed by atoms with van der Waals surface area (Å²) >= 11 is 3.40. The number of aromatic carboxylic acids is 1. The maximum Gasteiger partial charge on any atom is 0.371 e. The number of nitrogens with one attached hydrogen (secondary N) is 1. The molecule has 0 spiro atoms. The van der Waals surface area contributed by atoms with Gasteiger partial charge in [-0.05, 0) is 49.2 Å². The van der Waals surface area contributed by atoms with E-state index in [4.69, 9.17) is 9.52 Å². The van der Waals surface area contributed by atoms with Gasteiger partial charge in [-0.3, -0.25) is 4.72 Å². The van der Waals surface area contributed by atoms with Gasteiger partial charge >= 0.3 is 5.97 Å². The Bertz CT molecular complexity index is 787. The number of furan rings is 1. The van der Waals surface area contributed by atoms with E-state index in [1.165, 1.54) is 0 Å². The fourth-order valence-electron chi connectivity index (χ4n) is 1.79. The molecule has 0 radical (unpaired) electrons. The van der Waals surface area contributed by atoms with Crippen LogP contribution in [0.2, 0.25) is 0 Å². The van der Waals surface area contributed by atoms with E-state index in [2.05, 4.69) is 20.7 Å². The minimum absolute atomic E-state index is 0.376. The molecule has 0 fully saturated rings. The van der Waals surface area contributed by atoms with Gasteiger partial charge in [-0.1, -0.05) is 15.9 Å². The second-order valence-corrected chi connectivity index (χ2v) is 6.86. The Hall–Kier alpha value is -1.80. The number of carboxylic acids is 1. The van der Waals surface area contributed by atoms with Gasteiger partial charge in [0.15, 0.2) is 0 Å². The average molecular weight is 374 g/mol. The molecule has 0 aliphatic heterocycles. The second kappa shape index (κ2) is 5.53. The predicted molar refractivity (Wildman–Crippen MR) is 80.1 cm³/mol. The highest BCUT2D eigenvalue weighted by Crippen LogP contribution is 2.26. The zero-order chi connectivity index (χ0) is 15.8. The molecule has 112 valence electrons. The molecule has 0 saturated carbocycles. The lowest BCUT2D eigenvalue weighted by Crippen LogP contribution is -2.12. The van der Waals surface area contributed by atoms with Crippen molar-refractivity contribution in [2.75, 3.05) is 4.72 Å². The van der Waals surface area contributed by atoms with Crippen LogP contribution in [0.5, 0.6) is 0 Å². The van der Waals surface area contributed by atoms with Crippen LogP contribution in [0.25, 0.3) is 0 Å². The monoisotopic (exact) mass is 373 g/mol. The summed E-state index contributed by atoms with van der Waals surface area (Å²) in [5, 5.41) is 8.30. The smallest absolute Gasteiger partial charge is 0.371 e. The topological polar surface area (TPSA) is 96.6 Å². The predicted octanol–water partition coefficient (Wildman–Crippen LogP) is 3.16. The van der Waals surface area contributed by atoms with Gasteiger partial charge in [0.05, 0.1) is 0 Å². The molecule has 2 rings (SSSR count). The number of sulfonamides is 1. The number of rotatable bonds is 4. The number of hydrogen-bond donors (Lipinski definition) is 2. The zero-order valence-electron chi connectivity index (χ0n) is 11.2. The molecule has 2 aromatic rings. The van der Waals surface area contributed by atoms with E-state index in [0.717, 1.165) is 27.7 Å². The third-order valence-electron chi connectivity index (χ3n) is 2.75. The van der Waals surface area contributed by atoms with Crippen molar-refractivity contribution in [1.82, 2.24) is 0 Å². The van der Waals surface area contributed by atoms with Crippen molar-refractivity contribution in [3.05, 3.63) is 45.6 Å². The summed E-state index contributed by atoms with van der Waals surface area (Å²) < 4.78 is 32.3. The van der Waals surface area contributed by atoms with Gasteiger partial charge in [0.2, 0.25) is 10.9 Å². The maximum atomic E-state index is 12.1. The van der Waals surface area contributed by atoms with Crippen LogP contribution in [0.1, 0.15) is 21.7 Å². The molecule has 0 saturated heterocycles. The maximum absolute atomic E-state index is 12.1. The first-order valence-corrected chi connectivity index (χ1v) is 8.11. The highest BCUT2D eigenvalue weighted by molar-refractivity contribution is 9.10. The molecule has 0 aliphatic rings. The molecule has 0 aliphatic carbocycles. The van der Waals surface area contributed by atoms with Crippen LogP contribution in [0.4, 0.5) is 5.69 Å². The molecule has 0 bridgehead atoms. The molecule has 0 unspecified atom stereocenters. The summed E-state index contributed by atoms with van der Waals surface area (Å²) in [7, 11) is -3.97. The van der Waals surface area contributed by atoms with Crippen molar-refractivity contribution < 1.29 is 22.7 Å². The van der Waals surface area contributed by atoms with Crippen LogP contribution in [0, 0.1) is 13.8 Å². The molecule has 8 heteroatoms. The van der Waals surface area contributed by atoms with E-state index >= 15 is 0 Å². The molecular weight excluding hydrogens is 362 g/mol. The minimum atomic E-state index is -3.97. The first kappa shape index (κ1) is 15.6. The summed E-state index contributed by atoms with van der Waals surface area (Å²) in [4.78, 5) is 10.7. The third kappa shape index (κ3) is 3.27. The number of hydrogen-bond acceptors (Lipinski definition) is 4. The zero-order valence-corrected chi connectivity index (χ0v) is 13.6. The van der Waals surface area contributed by atoms with Crippen LogP contribution in [0.15, 0.2) is 38.2 Å². The first-order chi connectivity index (χ1) is 9.70. The first-order valence-electron chi connectivity index (χ1n) is 5.83. The number of carboxylic acid groups (broad SMARTS) is 1. The van der Waals surface area contributed by atoms with Crippen molar-refractivity contribution in [2.24, 2.45) is 0 Å². The molecule has 21 heavy (non-hydrogen) atoms. The van der Waals surface area contributed by atoms with Crippen molar-refractivity contribution in [3.63, 3.8) is 0 Å². The Labute approximate surface area is 130 Å². The molecule has 1 heterocycles. The molecular formula is C13H12BrNO5S. The highest BCUT2D eigenvalue weighted by atomic mass is 79.9. The summed E-state index contributed by atoms with van der Waals surface area (Å²) in [6.07, 6.45) is 0. The van der Waals surface area contributed by atoms with E-state index < -0.39 is 26.8 Å². The van der Waals surface area contributed by atoms with Crippen molar-refractivity contribution >= 4 is 37.6 Å². The summed E-state index contributed by atoms with van der Waals surface area (Å²) in [5.41, 5.74) is 2.12. The standard InChI is InChI=1S/C13H12BrNO5S/c1-7-5-9(6-8(2)12(7)14)15-21(18,19)11-4-3-10(20-11)13(16)17/h3-6,15H,1-2H3,(H,16,17). The molecule has 0 atom stereocenters. The van der Waals surface area contributed by atoms with Gasteiger partial charge in [-0.15, -0.1) is 0 Å². The SMILES string of the molecule is Cc1cc(NS(=O)(=O)c2ccc(C(=O)O)o2)cc(C)c1Br. The van der Waals surface area contributed by atoms with Crippen molar-refractivity contribution in [1.29, 1.82) is 0 Å². The normalized spacial score (nSPS) is 11.4. The second-order valence-electron chi connectivity index (χ2n) is 4.45. The van der Waals surface area contributed by atoms with E-state index in [1.807, 2.05) is 13.8 Å². The van der Waals surface area contributed by atoms with Crippen LogP contribution in [-0.2, 0) is 10.0 Å². The molecule has 1 aromatic heterocycles. The Morgan fingerprint density at radius 3 is 2.29 bits per heavy atom. The van der Waals surface area contributed by atoms with Crippen molar-refractivity contribution in [2.45, 2.75) is 18.9 Å². The highest BCUT2D eigenvalue weighted by Gasteiger charge is 2.21. The molecule has 2 N–H and O–H groups in total. The lowest BCUT2D eigenvalue weighted by molar-refractivity contribution is 0.0656. The number of halogens is 1. The molecule has 0 amide bonds. The Morgan fingerprint density at radius 2 is 1.81 bits per heavy atom. The third-order valence-corrected chi connectivity index (χ3v) is 5.25. The minimum Gasteiger partial charge on any atom is -0.475 e. The summed E-state index contributed by atoms with van der Waals surface area (Å²) in [5.74, 6) is -1.76. The van der Waals surface area contributed by atoms with E-state index in [-0.39, 0.29) is 0 Å². The van der Waals surface area contributed by atoms with Crippen molar-refractivity contribution in [3.8, 4) is 0 Å². The van der Waals surface area contributed by atoms with Gasteiger partial charge < -0.3 is 9.52 Å². The van der Waals surface area contributed by atoms with E-state index in [1.54, 1.807) is 12.1 Å².